The largest absolute Gasteiger partial charge is 0.495 e. The summed E-state index contributed by atoms with van der Waals surface area (Å²) >= 11 is 6.14. The van der Waals surface area contributed by atoms with E-state index in [1.54, 1.807) is 78.9 Å². The first-order chi connectivity index (χ1) is 24.1. The van der Waals surface area contributed by atoms with Gasteiger partial charge in [-0.1, -0.05) is 62.4 Å². The van der Waals surface area contributed by atoms with Crippen LogP contribution in [0.2, 0.25) is 5.02 Å². The van der Waals surface area contributed by atoms with E-state index in [9.17, 15) is 24.3 Å². The lowest BCUT2D eigenvalue weighted by atomic mass is 10.0. The molecule has 50 heavy (non-hydrogen) atoms. The molecule has 0 unspecified atom stereocenters. The summed E-state index contributed by atoms with van der Waals surface area (Å²) in [4.78, 5) is 50.1. The number of aliphatic carboxylic acids is 1. The zero-order valence-corrected chi connectivity index (χ0v) is 28.8. The van der Waals surface area contributed by atoms with E-state index in [0.29, 0.717) is 51.3 Å². The van der Waals surface area contributed by atoms with E-state index in [-0.39, 0.29) is 24.3 Å². The maximum atomic E-state index is 12.9. The van der Waals surface area contributed by atoms with Crippen molar-refractivity contribution in [1.82, 2.24) is 5.32 Å². The van der Waals surface area contributed by atoms with Crippen molar-refractivity contribution in [2.45, 2.75) is 57.9 Å². The van der Waals surface area contributed by atoms with Gasteiger partial charge in [-0.15, -0.1) is 0 Å². The summed E-state index contributed by atoms with van der Waals surface area (Å²) in [7, 11) is 1.51. The van der Waals surface area contributed by atoms with Crippen LogP contribution in [0.3, 0.4) is 0 Å². The number of carbonyl (C=O) groups is 4. The van der Waals surface area contributed by atoms with Gasteiger partial charge < -0.3 is 30.0 Å². The second-order valence-corrected chi connectivity index (χ2v) is 12.1. The van der Waals surface area contributed by atoms with Crippen LogP contribution in [0.25, 0.3) is 0 Å². The monoisotopic (exact) mass is 700 g/mol. The van der Waals surface area contributed by atoms with Gasteiger partial charge in [0.05, 0.1) is 30.7 Å². The third-order valence-electron chi connectivity index (χ3n) is 7.80. The molecule has 0 saturated heterocycles. The Morgan fingerprint density at radius 3 is 2.06 bits per heavy atom. The molecule has 3 N–H and O–H groups in total. The first-order valence-corrected chi connectivity index (χ1v) is 16.8. The van der Waals surface area contributed by atoms with Gasteiger partial charge in [0.1, 0.15) is 23.3 Å². The Bertz CT molecular complexity index is 1740. The van der Waals surface area contributed by atoms with E-state index in [1.165, 1.54) is 38.5 Å². The molecule has 0 aliphatic rings. The Balaban J connectivity index is 1.24. The van der Waals surface area contributed by atoms with Gasteiger partial charge in [0.25, 0.3) is 5.91 Å². The molecule has 11 heteroatoms. The molecular formula is C39H41ClN2O8. The molecule has 0 bridgehead atoms. The molecule has 4 aromatic rings. The number of nitrogens with one attached hydrogen (secondary N) is 2. The fourth-order valence-corrected chi connectivity index (χ4v) is 5.32. The molecule has 0 aliphatic heterocycles. The Hall–Kier alpha value is -5.35. The standard InChI is InChI=1S/C39H41ClN2O8/c1-3-4-5-6-7-22-49-31-19-13-29(14-20-31)39(47)50-32-17-8-26(9-18-32)24-34(38(45)46)42-37(44)28-11-15-30(16-12-28)41-36(43)25-27-10-21-35(48-2)33(40)23-27/h8-21,23,34H,3-7,22,24-25H2,1-2H3,(H,41,43)(H,42,44)(H,45,46)/t34-/m0/s1. The number of hydrogen-bond acceptors (Lipinski definition) is 7. The van der Waals surface area contributed by atoms with Crippen LogP contribution in [0.1, 0.15) is 70.9 Å². The highest BCUT2D eigenvalue weighted by Crippen LogP contribution is 2.25. The second kappa shape index (κ2) is 19.0. The van der Waals surface area contributed by atoms with Gasteiger partial charge in [0.2, 0.25) is 5.91 Å². The number of carbonyl (C=O) groups excluding carboxylic acids is 3. The number of rotatable bonds is 18. The van der Waals surface area contributed by atoms with Crippen molar-refractivity contribution in [1.29, 1.82) is 0 Å². The molecular weight excluding hydrogens is 660 g/mol. The van der Waals surface area contributed by atoms with Gasteiger partial charge in [-0.3, -0.25) is 9.59 Å². The minimum Gasteiger partial charge on any atom is -0.495 e. The van der Waals surface area contributed by atoms with E-state index in [0.717, 1.165) is 12.8 Å². The molecule has 1 atom stereocenters. The second-order valence-electron chi connectivity index (χ2n) is 11.7. The van der Waals surface area contributed by atoms with Crippen molar-refractivity contribution >= 4 is 41.0 Å². The smallest absolute Gasteiger partial charge is 0.343 e. The molecule has 0 aromatic heterocycles. The van der Waals surface area contributed by atoms with Crippen molar-refractivity contribution in [3.63, 3.8) is 0 Å². The maximum absolute atomic E-state index is 12.9. The summed E-state index contributed by atoms with van der Waals surface area (Å²) in [6.45, 7) is 2.81. The van der Waals surface area contributed by atoms with E-state index >= 15 is 0 Å². The minimum absolute atomic E-state index is 0.00111. The summed E-state index contributed by atoms with van der Waals surface area (Å²) in [5.74, 6) is -1.11. The molecule has 0 saturated carbocycles. The number of carboxylic acids is 1. The van der Waals surface area contributed by atoms with Crippen molar-refractivity contribution in [3.8, 4) is 17.2 Å². The lowest BCUT2D eigenvalue weighted by Crippen LogP contribution is -2.42. The fraction of sp³-hybridized carbons (Fsp3) is 0.282. The molecule has 0 heterocycles. The maximum Gasteiger partial charge on any atom is 0.343 e. The summed E-state index contributed by atoms with van der Waals surface area (Å²) in [5, 5.41) is 15.5. The Kier molecular flexibility index (Phi) is 14.2. The highest BCUT2D eigenvalue weighted by Gasteiger charge is 2.22. The van der Waals surface area contributed by atoms with Crippen LogP contribution in [0.4, 0.5) is 5.69 Å². The number of methoxy groups -OCH3 is 1. The number of benzene rings is 4. The van der Waals surface area contributed by atoms with Crippen molar-refractivity contribution < 1.29 is 38.5 Å². The highest BCUT2D eigenvalue weighted by molar-refractivity contribution is 6.32. The first kappa shape index (κ1) is 37.5. The predicted molar refractivity (Wildman–Crippen MR) is 191 cm³/mol. The number of hydrogen-bond donors (Lipinski definition) is 3. The third kappa shape index (κ3) is 11.7. The van der Waals surface area contributed by atoms with Gasteiger partial charge >= 0.3 is 11.9 Å². The molecule has 10 nitrogen and oxygen atoms in total. The third-order valence-corrected chi connectivity index (χ3v) is 8.09. The van der Waals surface area contributed by atoms with Crippen LogP contribution < -0.4 is 24.8 Å². The molecule has 4 aromatic carbocycles. The Morgan fingerprint density at radius 2 is 1.42 bits per heavy atom. The average molecular weight is 701 g/mol. The lowest BCUT2D eigenvalue weighted by Gasteiger charge is -2.15. The van der Waals surface area contributed by atoms with Crippen LogP contribution in [0.15, 0.2) is 91.0 Å². The number of unbranched alkanes of at least 4 members (excludes halogenated alkanes) is 4. The summed E-state index contributed by atoms with van der Waals surface area (Å²) in [6.07, 6.45) is 5.82. The number of esters is 1. The number of amides is 2. The first-order valence-electron chi connectivity index (χ1n) is 16.4. The van der Waals surface area contributed by atoms with Crippen molar-refractivity contribution in [3.05, 3.63) is 118 Å². The van der Waals surface area contributed by atoms with Crippen LogP contribution in [0, 0.1) is 0 Å². The summed E-state index contributed by atoms with van der Waals surface area (Å²) < 4.78 is 16.4. The Labute approximate surface area is 296 Å². The Morgan fingerprint density at radius 1 is 0.780 bits per heavy atom. The normalized spacial score (nSPS) is 11.3. The van der Waals surface area contributed by atoms with Gasteiger partial charge in [0.15, 0.2) is 0 Å². The number of carboxylic acid groups (broad SMARTS) is 1. The molecule has 0 spiro atoms. The zero-order valence-electron chi connectivity index (χ0n) is 28.1. The molecule has 262 valence electrons. The van der Waals surface area contributed by atoms with Gasteiger partial charge in [-0.25, -0.2) is 9.59 Å². The topological polar surface area (TPSA) is 140 Å². The molecule has 4 rings (SSSR count). The minimum atomic E-state index is -1.22. The van der Waals surface area contributed by atoms with Crippen LogP contribution in [-0.2, 0) is 22.4 Å². The predicted octanol–water partition coefficient (Wildman–Crippen LogP) is 7.52. The highest BCUT2D eigenvalue weighted by atomic mass is 35.5. The van der Waals surface area contributed by atoms with E-state index in [4.69, 9.17) is 25.8 Å². The van der Waals surface area contributed by atoms with Crippen LogP contribution >= 0.6 is 11.6 Å². The van der Waals surface area contributed by atoms with E-state index in [2.05, 4.69) is 17.6 Å². The zero-order chi connectivity index (χ0) is 35.9. The SMILES string of the molecule is CCCCCCCOc1ccc(C(=O)Oc2ccc(C[C@H](NC(=O)c3ccc(NC(=O)Cc4ccc(OC)c(Cl)c4)cc3)C(=O)O)cc2)cc1. The van der Waals surface area contributed by atoms with Gasteiger partial charge in [-0.2, -0.15) is 0 Å². The van der Waals surface area contributed by atoms with Crippen LogP contribution in [0.5, 0.6) is 17.2 Å². The van der Waals surface area contributed by atoms with E-state index < -0.39 is 23.9 Å². The van der Waals surface area contributed by atoms with Crippen molar-refractivity contribution in [2.24, 2.45) is 0 Å². The average Bonchev–Trinajstić information content (AvgIpc) is 3.10. The van der Waals surface area contributed by atoms with Crippen molar-refractivity contribution in [2.75, 3.05) is 19.0 Å². The van der Waals surface area contributed by atoms with Gasteiger partial charge in [-0.05, 0) is 90.3 Å². The molecule has 0 radical (unpaired) electrons. The van der Waals surface area contributed by atoms with Crippen LogP contribution in [-0.4, -0.2) is 48.6 Å². The fourth-order valence-electron chi connectivity index (χ4n) is 5.04. The molecule has 2 amide bonds. The molecule has 0 aliphatic carbocycles. The van der Waals surface area contributed by atoms with E-state index in [1.807, 2.05) is 0 Å². The molecule has 0 fully saturated rings. The lowest BCUT2D eigenvalue weighted by molar-refractivity contribution is -0.139. The number of halogens is 1. The van der Waals surface area contributed by atoms with Gasteiger partial charge in [0, 0.05) is 17.7 Å². The number of ether oxygens (including phenoxy) is 3. The summed E-state index contributed by atoms with van der Waals surface area (Å²) in [6, 6.07) is 23.1. The number of anilines is 1. The summed E-state index contributed by atoms with van der Waals surface area (Å²) in [5.41, 5.74) is 2.38. The quantitative estimate of drug-likeness (QED) is 0.0550.